The highest BCUT2D eigenvalue weighted by molar-refractivity contribution is 6.24. The monoisotopic (exact) mass is 774 g/mol. The van der Waals surface area contributed by atoms with Crippen molar-refractivity contribution < 1.29 is 38.6 Å². The number of carbonyl (C=O) groups excluding carboxylic acids is 5. The van der Waals surface area contributed by atoms with Crippen LogP contribution >= 0.6 is 0 Å². The summed E-state index contributed by atoms with van der Waals surface area (Å²) in [7, 11) is 1.44. The lowest BCUT2D eigenvalue weighted by Gasteiger charge is -2.29. The molecule has 0 saturated carbocycles. The van der Waals surface area contributed by atoms with Crippen LogP contribution in [0.2, 0.25) is 0 Å². The number of hydrogen-bond donors (Lipinski definition) is 4. The number of ether oxygens (including phenoxy) is 2. The van der Waals surface area contributed by atoms with E-state index in [4.69, 9.17) is 15.2 Å². The Morgan fingerprint density at radius 1 is 1.02 bits per heavy atom. The number of allylic oxidation sites excluding steroid dienone is 4. The van der Waals surface area contributed by atoms with Crippen molar-refractivity contribution in [1.82, 2.24) is 15.5 Å². The number of fused-ring (bicyclic) bond motifs is 2. The van der Waals surface area contributed by atoms with Crippen molar-refractivity contribution in [3.05, 3.63) is 93.9 Å². The summed E-state index contributed by atoms with van der Waals surface area (Å²) in [6, 6.07) is 7.27. The summed E-state index contributed by atoms with van der Waals surface area (Å²) < 4.78 is 11.0. The molecule has 1 aromatic rings. The zero-order chi connectivity index (χ0) is 41.5. The number of carbonyl (C=O) groups is 5. The molecule has 0 spiro atoms. The summed E-state index contributed by atoms with van der Waals surface area (Å²) in [5, 5.41) is 16.7. The number of unbranched alkanes of at least 4 members (excludes halogenated alkanes) is 2. The van der Waals surface area contributed by atoms with Gasteiger partial charge in [0.2, 0.25) is 11.6 Å². The van der Waals surface area contributed by atoms with Gasteiger partial charge < -0.3 is 30.9 Å². The Morgan fingerprint density at radius 3 is 2.25 bits per heavy atom. The molecule has 6 atom stereocenters. The fourth-order valence-corrected chi connectivity index (χ4v) is 7.14. The number of aliphatic hydroxyl groups excluding tert-OH is 1. The van der Waals surface area contributed by atoms with Crippen LogP contribution in [0.15, 0.2) is 82.8 Å². The number of amides is 3. The molecule has 1 aliphatic carbocycles. The smallest absolute Gasteiger partial charge is 0.405 e. The maximum atomic E-state index is 14.1. The number of aliphatic hydroxyl groups is 1. The van der Waals surface area contributed by atoms with E-state index in [-0.39, 0.29) is 46.7 Å². The largest absolute Gasteiger partial charge is 0.439 e. The van der Waals surface area contributed by atoms with Gasteiger partial charge in [0, 0.05) is 42.4 Å². The molecule has 0 fully saturated rings. The Kier molecular flexibility index (Phi) is 18.1. The number of rotatable bonds is 12. The van der Waals surface area contributed by atoms with E-state index in [9.17, 15) is 29.1 Å². The molecule has 12 heteroatoms. The number of nitrogens with one attached hydrogen (secondary N) is 2. The number of benzene rings is 1. The zero-order valence-electron chi connectivity index (χ0n) is 34.4. The van der Waals surface area contributed by atoms with Crippen molar-refractivity contribution in [3.8, 4) is 0 Å². The van der Waals surface area contributed by atoms with Crippen LogP contribution in [-0.2, 0) is 30.4 Å². The fraction of sp³-hybridized carbons (Fsp3) is 0.523. The maximum absolute atomic E-state index is 14.1. The first kappa shape index (κ1) is 45.7. The molecule has 5 N–H and O–H groups in total. The van der Waals surface area contributed by atoms with Crippen LogP contribution in [0.25, 0.3) is 0 Å². The van der Waals surface area contributed by atoms with Gasteiger partial charge in [-0.15, -0.1) is 0 Å². The number of ketones is 2. The highest BCUT2D eigenvalue weighted by atomic mass is 16.6. The number of hydrogen-bond acceptors (Lipinski definition) is 9. The minimum atomic E-state index is -0.998. The zero-order valence-corrected chi connectivity index (χ0v) is 34.4. The number of nitrogens with zero attached hydrogens (tertiary/aromatic N) is 1. The normalized spacial score (nSPS) is 26.8. The van der Waals surface area contributed by atoms with Crippen molar-refractivity contribution >= 4 is 29.5 Å². The van der Waals surface area contributed by atoms with Gasteiger partial charge in [-0.2, -0.15) is 0 Å². The predicted molar refractivity (Wildman–Crippen MR) is 217 cm³/mol. The average molecular weight is 775 g/mol. The second-order valence-corrected chi connectivity index (χ2v) is 15.3. The molecule has 1 aromatic carbocycles. The molecule has 1 heterocycles. The van der Waals surface area contributed by atoms with Gasteiger partial charge in [-0.25, -0.2) is 4.79 Å². The van der Waals surface area contributed by atoms with Gasteiger partial charge in [0.05, 0.1) is 17.5 Å². The van der Waals surface area contributed by atoms with E-state index >= 15 is 0 Å². The summed E-state index contributed by atoms with van der Waals surface area (Å²) in [5.74, 6) is -3.24. The van der Waals surface area contributed by atoms with Crippen LogP contribution in [0.1, 0.15) is 103 Å². The summed E-state index contributed by atoms with van der Waals surface area (Å²) >= 11 is 0. The Labute approximate surface area is 332 Å². The van der Waals surface area contributed by atoms with E-state index in [1.54, 1.807) is 37.3 Å². The molecule has 0 saturated heterocycles. The van der Waals surface area contributed by atoms with Crippen molar-refractivity contribution in [2.45, 2.75) is 112 Å². The van der Waals surface area contributed by atoms with Crippen LogP contribution in [0.4, 0.5) is 4.79 Å². The molecule has 0 unspecified atom stereocenters. The van der Waals surface area contributed by atoms with Crippen LogP contribution < -0.4 is 16.4 Å². The molecule has 3 rings (SSSR count). The number of methoxy groups -OCH3 is 1. The third-order valence-electron chi connectivity index (χ3n) is 10.3. The highest BCUT2D eigenvalue weighted by Gasteiger charge is 2.33. The van der Waals surface area contributed by atoms with E-state index in [0.717, 1.165) is 57.0 Å². The first-order valence-electron chi connectivity index (χ1n) is 19.8. The number of Topliss-reactive ketones (excluding diaryl/α,β-unsaturated/α-hetero) is 1. The molecule has 0 radical (unpaired) electrons. The average Bonchev–Trinajstić information content (AvgIpc) is 3.16. The molecular formula is C44H62N4O8. The first-order chi connectivity index (χ1) is 26.6. The van der Waals surface area contributed by atoms with Crippen molar-refractivity contribution in [1.29, 1.82) is 0 Å². The summed E-state index contributed by atoms with van der Waals surface area (Å²) in [5.41, 5.74) is 7.36. The van der Waals surface area contributed by atoms with Gasteiger partial charge in [-0.05, 0) is 87.7 Å². The van der Waals surface area contributed by atoms with E-state index < -0.39 is 47.8 Å². The van der Waals surface area contributed by atoms with Gasteiger partial charge in [0.1, 0.15) is 6.10 Å². The third kappa shape index (κ3) is 13.2. The first-order valence-corrected chi connectivity index (χ1v) is 19.8. The molecule has 306 valence electrons. The minimum Gasteiger partial charge on any atom is -0.439 e. The van der Waals surface area contributed by atoms with Gasteiger partial charge in [0.15, 0.2) is 6.10 Å². The summed E-state index contributed by atoms with van der Waals surface area (Å²) in [4.78, 5) is 68.9. The lowest BCUT2D eigenvalue weighted by Crippen LogP contribution is -2.38. The van der Waals surface area contributed by atoms with Crippen LogP contribution in [0, 0.1) is 17.8 Å². The predicted octanol–water partition coefficient (Wildman–Crippen LogP) is 6.22. The topological polar surface area (TPSA) is 177 Å². The lowest BCUT2D eigenvalue weighted by atomic mass is 9.82. The molecule has 1 aliphatic heterocycles. The Hall–Kier alpha value is -4.65. The Balaban J connectivity index is 1.97. The quantitative estimate of drug-likeness (QED) is 0.142. The van der Waals surface area contributed by atoms with Crippen molar-refractivity contribution in [3.63, 3.8) is 0 Å². The second kappa shape index (κ2) is 22.2. The summed E-state index contributed by atoms with van der Waals surface area (Å²) in [6.45, 7) is 16.1. The van der Waals surface area contributed by atoms with Crippen LogP contribution in [0.3, 0.4) is 0 Å². The third-order valence-corrected chi connectivity index (χ3v) is 10.3. The van der Waals surface area contributed by atoms with E-state index in [0.29, 0.717) is 17.6 Å². The van der Waals surface area contributed by atoms with Crippen molar-refractivity contribution in [2.24, 2.45) is 23.5 Å². The van der Waals surface area contributed by atoms with Crippen LogP contribution in [-0.4, -0.2) is 78.0 Å². The van der Waals surface area contributed by atoms with E-state index in [2.05, 4.69) is 29.4 Å². The van der Waals surface area contributed by atoms with Gasteiger partial charge >= 0.3 is 6.09 Å². The molecule has 12 nitrogen and oxygen atoms in total. The Bertz CT molecular complexity index is 1720. The van der Waals surface area contributed by atoms with Gasteiger partial charge in [0.25, 0.3) is 11.8 Å². The molecule has 56 heavy (non-hydrogen) atoms. The molecule has 2 bridgehead atoms. The lowest BCUT2D eigenvalue weighted by molar-refractivity contribution is -0.120. The molecule has 0 aromatic heterocycles. The van der Waals surface area contributed by atoms with Gasteiger partial charge in [-0.3, -0.25) is 24.1 Å². The second-order valence-electron chi connectivity index (χ2n) is 15.3. The van der Waals surface area contributed by atoms with E-state index in [1.165, 1.54) is 20.1 Å². The fourth-order valence-electron chi connectivity index (χ4n) is 7.14. The Morgan fingerprint density at radius 2 is 1.66 bits per heavy atom. The number of primary amides is 1. The van der Waals surface area contributed by atoms with Crippen molar-refractivity contribution in [2.75, 3.05) is 20.2 Å². The van der Waals surface area contributed by atoms with Gasteiger partial charge in [-0.1, -0.05) is 83.9 Å². The summed E-state index contributed by atoms with van der Waals surface area (Å²) in [6.07, 6.45) is 8.95. The SMILES string of the molecule is CCCCN(CCCC)Cc1ccc(C(=O)NC2=C3C[C@@H](C)C[C@H](C)[C@H](O)[C@@H](C)/C=C(\C)[C@H](OC(N)=O)[C@@H](OC)/C=C\C=C(/C)C(=O)NC(=CC2=O)C3=O)cc1. The molecule has 3 amide bonds. The molecular weight excluding hydrogens is 713 g/mol. The number of nitrogens with two attached hydrogens (primary N) is 1. The standard InChI is InChI=1S/C44H62N4O8/c1-9-11-20-48(21-12-10-2)26-32-16-18-33(19-17-32)43(53)47-38-34-23-27(3)22-29(5)39(50)30(6)24-31(7)41(56-44(45)54)37(55-8)15-13-14-28(4)42(52)46-35(40(34)51)25-36(38)49/h13-19,24-25,27,29-30,37,39,41,50H,9-12,20-23,26H2,1-8H3,(H2,45,54)(H,46,52)(H,47,53)/b15-13-,28-14+,31-24+/t27-,29-,30-,37-,39-,41-/m0/s1. The highest BCUT2D eigenvalue weighted by Crippen LogP contribution is 2.30. The minimum absolute atomic E-state index is 0.0760. The molecule has 2 aliphatic rings. The van der Waals surface area contributed by atoms with E-state index in [1.807, 2.05) is 32.9 Å². The maximum Gasteiger partial charge on any atom is 0.405 e. The van der Waals surface area contributed by atoms with Crippen LogP contribution in [0.5, 0.6) is 0 Å².